The Morgan fingerprint density at radius 2 is 2.33 bits per heavy atom. The van der Waals surface area contributed by atoms with E-state index in [1.54, 1.807) is 0 Å². The third-order valence-corrected chi connectivity index (χ3v) is 3.90. The van der Waals surface area contributed by atoms with Crippen LogP contribution in [0.3, 0.4) is 0 Å². The highest BCUT2D eigenvalue weighted by Crippen LogP contribution is 2.15. The van der Waals surface area contributed by atoms with Crippen LogP contribution < -0.4 is 10.5 Å². The lowest BCUT2D eigenvalue weighted by molar-refractivity contribution is 0.00304. The van der Waals surface area contributed by atoms with Gasteiger partial charge in [0.25, 0.3) is 0 Å². The Hall–Kier alpha value is -1.17. The molecule has 0 aromatic heterocycles. The zero-order valence-electron chi connectivity index (χ0n) is 12.6. The quantitative estimate of drug-likeness (QED) is 0.783. The molecule has 0 radical (unpaired) electrons. The molecule has 0 bridgehead atoms. The van der Waals surface area contributed by atoms with Crippen LogP contribution >= 0.6 is 12.2 Å². The van der Waals surface area contributed by atoms with Crippen molar-refractivity contribution in [1.29, 1.82) is 0 Å². The van der Waals surface area contributed by atoms with Crippen molar-refractivity contribution in [3.63, 3.8) is 0 Å². The smallest absolute Gasteiger partial charge is 0.120 e. The van der Waals surface area contributed by atoms with E-state index in [4.69, 9.17) is 27.4 Å². The number of rotatable bonds is 7. The number of nitrogens with zero attached hydrogens (tertiary/aromatic N) is 1. The summed E-state index contributed by atoms with van der Waals surface area (Å²) in [6, 6.07) is 7.63. The third kappa shape index (κ3) is 5.26. The minimum absolute atomic E-state index is 0.377. The van der Waals surface area contributed by atoms with Crippen LogP contribution in [0.5, 0.6) is 5.75 Å². The number of benzene rings is 1. The maximum atomic E-state index is 5.80. The first kappa shape index (κ1) is 16.2. The number of likely N-dealkylation sites (tertiary alicyclic amines) is 1. The Morgan fingerprint density at radius 1 is 1.48 bits per heavy atom. The first-order valence-corrected chi connectivity index (χ1v) is 7.96. The van der Waals surface area contributed by atoms with Crippen LogP contribution in [-0.2, 0) is 4.74 Å². The molecule has 1 saturated heterocycles. The fourth-order valence-electron chi connectivity index (χ4n) is 2.62. The maximum absolute atomic E-state index is 5.80. The lowest BCUT2D eigenvalue weighted by atomic mass is 10.1. The van der Waals surface area contributed by atoms with E-state index >= 15 is 0 Å². The minimum Gasteiger partial charge on any atom is -0.492 e. The number of thiocarbonyl (C=S) groups is 1. The fourth-order valence-corrected chi connectivity index (χ4v) is 2.75. The van der Waals surface area contributed by atoms with Gasteiger partial charge in [-0.2, -0.15) is 0 Å². The van der Waals surface area contributed by atoms with Gasteiger partial charge in [0.1, 0.15) is 17.3 Å². The van der Waals surface area contributed by atoms with Gasteiger partial charge in [0.2, 0.25) is 0 Å². The second-order valence-corrected chi connectivity index (χ2v) is 5.70. The second kappa shape index (κ2) is 8.32. The number of hydrogen-bond donors (Lipinski definition) is 1. The van der Waals surface area contributed by atoms with Crippen LogP contribution in [0, 0.1) is 0 Å². The lowest BCUT2D eigenvalue weighted by Gasteiger charge is -2.32. The highest BCUT2D eigenvalue weighted by molar-refractivity contribution is 7.80. The topological polar surface area (TPSA) is 47.7 Å². The third-order valence-electron chi connectivity index (χ3n) is 3.66. The summed E-state index contributed by atoms with van der Waals surface area (Å²) in [6.45, 7) is 6.56. The summed E-state index contributed by atoms with van der Waals surface area (Å²) < 4.78 is 11.5. The lowest BCUT2D eigenvalue weighted by Crippen LogP contribution is -2.41. The van der Waals surface area contributed by atoms with E-state index in [1.807, 2.05) is 24.3 Å². The SMILES string of the molecule is CCOC1CCCN(CCOc2cccc(C(N)=S)c2)C1. The summed E-state index contributed by atoms with van der Waals surface area (Å²) in [7, 11) is 0. The number of piperidine rings is 1. The first-order valence-electron chi connectivity index (χ1n) is 7.55. The van der Waals surface area contributed by atoms with E-state index in [0.29, 0.717) is 17.7 Å². The van der Waals surface area contributed by atoms with E-state index < -0.39 is 0 Å². The number of nitrogens with two attached hydrogens (primary N) is 1. The van der Waals surface area contributed by atoms with Gasteiger partial charge >= 0.3 is 0 Å². The highest BCUT2D eigenvalue weighted by atomic mass is 32.1. The summed E-state index contributed by atoms with van der Waals surface area (Å²) in [6.07, 6.45) is 2.74. The maximum Gasteiger partial charge on any atom is 0.120 e. The number of hydrogen-bond acceptors (Lipinski definition) is 4. The molecule has 1 atom stereocenters. The summed E-state index contributed by atoms with van der Waals surface area (Å²) >= 11 is 4.97. The van der Waals surface area contributed by atoms with Gasteiger partial charge in [-0.15, -0.1) is 0 Å². The molecular weight excluding hydrogens is 284 g/mol. The minimum atomic E-state index is 0.377. The molecule has 1 aliphatic heterocycles. The van der Waals surface area contributed by atoms with Crippen molar-refractivity contribution < 1.29 is 9.47 Å². The molecule has 2 N–H and O–H groups in total. The van der Waals surface area contributed by atoms with E-state index in [2.05, 4.69) is 11.8 Å². The Balaban J connectivity index is 1.76. The predicted octanol–water partition coefficient (Wildman–Crippen LogP) is 2.20. The van der Waals surface area contributed by atoms with Gasteiger partial charge in [-0.05, 0) is 38.4 Å². The van der Waals surface area contributed by atoms with Crippen molar-refractivity contribution in [3.05, 3.63) is 29.8 Å². The van der Waals surface area contributed by atoms with E-state index in [-0.39, 0.29) is 0 Å². The van der Waals surface area contributed by atoms with Crippen molar-refractivity contribution >= 4 is 17.2 Å². The second-order valence-electron chi connectivity index (χ2n) is 5.26. The summed E-state index contributed by atoms with van der Waals surface area (Å²) in [5, 5.41) is 0. The molecule has 5 heteroatoms. The molecule has 1 aliphatic rings. The first-order chi connectivity index (χ1) is 10.2. The largest absolute Gasteiger partial charge is 0.492 e. The van der Waals surface area contributed by atoms with Crippen LogP contribution in [0.2, 0.25) is 0 Å². The molecule has 0 saturated carbocycles. The molecule has 1 aromatic rings. The van der Waals surface area contributed by atoms with Gasteiger partial charge < -0.3 is 15.2 Å². The molecule has 2 rings (SSSR count). The molecule has 116 valence electrons. The van der Waals surface area contributed by atoms with Crippen LogP contribution in [0.1, 0.15) is 25.3 Å². The molecule has 1 aromatic carbocycles. The van der Waals surface area contributed by atoms with E-state index in [9.17, 15) is 0 Å². The molecule has 0 spiro atoms. The Bertz CT molecular complexity index is 465. The van der Waals surface area contributed by atoms with Crippen molar-refractivity contribution in [1.82, 2.24) is 4.90 Å². The highest BCUT2D eigenvalue weighted by Gasteiger charge is 2.19. The zero-order chi connectivity index (χ0) is 15.1. The van der Waals surface area contributed by atoms with Crippen molar-refractivity contribution in [2.45, 2.75) is 25.9 Å². The summed E-state index contributed by atoms with van der Waals surface area (Å²) in [5.41, 5.74) is 6.47. The number of ether oxygens (including phenoxy) is 2. The predicted molar refractivity (Wildman–Crippen MR) is 88.9 cm³/mol. The molecule has 4 nitrogen and oxygen atoms in total. The molecule has 0 amide bonds. The van der Waals surface area contributed by atoms with Crippen LogP contribution in [0.25, 0.3) is 0 Å². The van der Waals surface area contributed by atoms with Gasteiger partial charge in [0, 0.05) is 25.3 Å². The molecule has 21 heavy (non-hydrogen) atoms. The normalized spacial score (nSPS) is 19.4. The standard InChI is InChI=1S/C16H24N2O2S/c1-2-19-15-7-4-8-18(12-15)9-10-20-14-6-3-5-13(11-14)16(17)21/h3,5-6,11,15H,2,4,7-10,12H2,1H3,(H2,17,21). The molecule has 0 aliphatic carbocycles. The van der Waals surface area contributed by atoms with Crippen LogP contribution in [0.4, 0.5) is 0 Å². The molecule has 1 fully saturated rings. The zero-order valence-corrected chi connectivity index (χ0v) is 13.4. The van der Waals surface area contributed by atoms with Crippen LogP contribution in [0.15, 0.2) is 24.3 Å². The summed E-state index contributed by atoms with van der Waals surface area (Å²) in [5.74, 6) is 0.818. The average Bonchev–Trinajstić information content (AvgIpc) is 2.48. The Kier molecular flexibility index (Phi) is 6.42. The molecule has 1 heterocycles. The molecule has 1 unspecified atom stereocenters. The van der Waals surface area contributed by atoms with E-state index in [1.165, 1.54) is 12.8 Å². The van der Waals surface area contributed by atoms with Gasteiger partial charge in [-0.3, -0.25) is 4.90 Å². The van der Waals surface area contributed by atoms with Crippen LogP contribution in [-0.4, -0.2) is 48.8 Å². The van der Waals surface area contributed by atoms with Crippen molar-refractivity contribution in [2.24, 2.45) is 5.73 Å². The van der Waals surface area contributed by atoms with Gasteiger partial charge in [-0.1, -0.05) is 24.4 Å². The molecular formula is C16H24N2O2S. The summed E-state index contributed by atoms with van der Waals surface area (Å²) in [4.78, 5) is 2.80. The van der Waals surface area contributed by atoms with Gasteiger partial charge in [0.15, 0.2) is 0 Å². The van der Waals surface area contributed by atoms with Crippen molar-refractivity contribution in [2.75, 3.05) is 32.8 Å². The van der Waals surface area contributed by atoms with E-state index in [0.717, 1.165) is 37.6 Å². The van der Waals surface area contributed by atoms with Gasteiger partial charge in [0.05, 0.1) is 6.10 Å². The Morgan fingerprint density at radius 3 is 3.10 bits per heavy atom. The fraction of sp³-hybridized carbons (Fsp3) is 0.562. The monoisotopic (exact) mass is 308 g/mol. The Labute approximate surface area is 132 Å². The van der Waals surface area contributed by atoms with Crippen molar-refractivity contribution in [3.8, 4) is 5.75 Å². The van der Waals surface area contributed by atoms with Gasteiger partial charge in [-0.25, -0.2) is 0 Å². The average molecular weight is 308 g/mol.